The molecule has 1 aromatic rings. The van der Waals surface area contributed by atoms with E-state index in [9.17, 15) is 5.11 Å². The molecule has 0 saturated carbocycles. The molecule has 1 N–H and O–H groups in total. The molecule has 0 fully saturated rings. The Bertz CT molecular complexity index is 425. The Kier molecular flexibility index (Phi) is 7.03. The number of hydrogen-bond acceptors (Lipinski definition) is 3. The Morgan fingerprint density at radius 1 is 1.14 bits per heavy atom. The molecular formula is C18H31NO2. The smallest absolute Gasteiger partial charge is 0.126 e. The molecule has 0 heterocycles. The van der Waals surface area contributed by atoms with Crippen molar-refractivity contribution in [2.75, 3.05) is 18.6 Å². The van der Waals surface area contributed by atoms with E-state index in [4.69, 9.17) is 4.74 Å². The van der Waals surface area contributed by atoms with Crippen LogP contribution in [0.3, 0.4) is 0 Å². The quantitative estimate of drug-likeness (QED) is 0.771. The third-order valence-corrected chi connectivity index (χ3v) is 3.94. The fourth-order valence-electron chi connectivity index (χ4n) is 2.95. The maximum atomic E-state index is 10.2. The van der Waals surface area contributed by atoms with Crippen LogP contribution in [0.5, 0.6) is 5.75 Å². The Morgan fingerprint density at radius 2 is 1.76 bits per heavy atom. The molecule has 1 aromatic carbocycles. The molecule has 1 atom stereocenters. The molecule has 0 aromatic heterocycles. The van der Waals surface area contributed by atoms with E-state index in [1.165, 1.54) is 0 Å². The molecule has 0 aliphatic rings. The number of nitrogens with zero attached hydrogens (tertiary/aromatic N) is 1. The van der Waals surface area contributed by atoms with Gasteiger partial charge < -0.3 is 14.7 Å². The highest BCUT2D eigenvalue weighted by Crippen LogP contribution is 2.36. The van der Waals surface area contributed by atoms with Crippen LogP contribution in [-0.2, 0) is 0 Å². The summed E-state index contributed by atoms with van der Waals surface area (Å²) in [5, 5.41) is 10.2. The predicted molar refractivity (Wildman–Crippen MR) is 90.2 cm³/mol. The minimum Gasteiger partial charge on any atom is -0.496 e. The van der Waals surface area contributed by atoms with E-state index in [0.29, 0.717) is 12.0 Å². The van der Waals surface area contributed by atoms with Crippen LogP contribution in [0.15, 0.2) is 18.2 Å². The van der Waals surface area contributed by atoms with E-state index in [1.807, 2.05) is 19.1 Å². The maximum Gasteiger partial charge on any atom is 0.126 e. The molecule has 3 nitrogen and oxygen atoms in total. The summed E-state index contributed by atoms with van der Waals surface area (Å²) in [6.07, 6.45) is 1.65. The first-order valence-electron chi connectivity index (χ1n) is 8.07. The van der Waals surface area contributed by atoms with Crippen LogP contribution < -0.4 is 9.64 Å². The molecule has 1 unspecified atom stereocenters. The van der Waals surface area contributed by atoms with Gasteiger partial charge in [-0.25, -0.2) is 0 Å². The van der Waals surface area contributed by atoms with Gasteiger partial charge in [-0.3, -0.25) is 0 Å². The van der Waals surface area contributed by atoms with Gasteiger partial charge in [-0.1, -0.05) is 33.8 Å². The zero-order valence-corrected chi connectivity index (χ0v) is 14.4. The third kappa shape index (κ3) is 4.37. The second-order valence-electron chi connectivity index (χ2n) is 6.09. The number of ether oxygens (including phenoxy) is 1. The molecule has 0 amide bonds. The van der Waals surface area contributed by atoms with E-state index in [2.05, 4.69) is 38.7 Å². The van der Waals surface area contributed by atoms with E-state index in [0.717, 1.165) is 36.4 Å². The standard InChI is InChI=1S/C18H31NO2/c1-7-15(8-2)19(12-13(3)4)16-10-9-11-17(21-6)18(16)14(5)20/h9-11,13-15,20H,7-8,12H2,1-6H3. The maximum absolute atomic E-state index is 10.2. The van der Waals surface area contributed by atoms with E-state index in [-0.39, 0.29) is 0 Å². The van der Waals surface area contributed by atoms with Crippen LogP contribution in [0.4, 0.5) is 5.69 Å². The van der Waals surface area contributed by atoms with Gasteiger partial charge in [-0.2, -0.15) is 0 Å². The van der Waals surface area contributed by atoms with Gasteiger partial charge in [0.2, 0.25) is 0 Å². The average molecular weight is 293 g/mol. The minimum absolute atomic E-state index is 0.483. The Balaban J connectivity index is 3.35. The van der Waals surface area contributed by atoms with Gasteiger partial charge in [-0.05, 0) is 37.8 Å². The fraction of sp³-hybridized carbons (Fsp3) is 0.667. The first kappa shape index (κ1) is 17.8. The lowest BCUT2D eigenvalue weighted by Crippen LogP contribution is -2.38. The van der Waals surface area contributed by atoms with Gasteiger partial charge in [0, 0.05) is 23.8 Å². The number of aliphatic hydroxyl groups is 1. The van der Waals surface area contributed by atoms with Gasteiger partial charge >= 0.3 is 0 Å². The largest absolute Gasteiger partial charge is 0.496 e. The lowest BCUT2D eigenvalue weighted by Gasteiger charge is -2.36. The fourth-order valence-corrected chi connectivity index (χ4v) is 2.95. The first-order valence-corrected chi connectivity index (χ1v) is 8.07. The summed E-state index contributed by atoms with van der Waals surface area (Å²) in [6, 6.07) is 6.52. The number of hydrogen-bond donors (Lipinski definition) is 1. The molecule has 21 heavy (non-hydrogen) atoms. The highest BCUT2D eigenvalue weighted by molar-refractivity contribution is 5.61. The van der Waals surface area contributed by atoms with Crippen LogP contribution in [0, 0.1) is 5.92 Å². The van der Waals surface area contributed by atoms with Crippen molar-refractivity contribution in [2.45, 2.75) is 59.6 Å². The second-order valence-corrected chi connectivity index (χ2v) is 6.09. The van der Waals surface area contributed by atoms with Crippen molar-refractivity contribution < 1.29 is 9.84 Å². The highest BCUT2D eigenvalue weighted by Gasteiger charge is 2.23. The summed E-state index contributed by atoms with van der Waals surface area (Å²) in [6.45, 7) is 11.7. The van der Waals surface area contributed by atoms with Crippen LogP contribution in [0.1, 0.15) is 59.1 Å². The van der Waals surface area contributed by atoms with Crippen LogP contribution in [0.2, 0.25) is 0 Å². The topological polar surface area (TPSA) is 32.7 Å². The Labute approximate surface area is 129 Å². The van der Waals surface area contributed by atoms with Crippen molar-refractivity contribution in [3.63, 3.8) is 0 Å². The molecule has 0 aliphatic carbocycles. The third-order valence-electron chi connectivity index (χ3n) is 3.94. The summed E-state index contributed by atoms with van der Waals surface area (Å²) in [5.74, 6) is 1.33. The zero-order valence-electron chi connectivity index (χ0n) is 14.4. The summed E-state index contributed by atoms with van der Waals surface area (Å²) < 4.78 is 5.46. The van der Waals surface area contributed by atoms with Crippen molar-refractivity contribution >= 4 is 5.69 Å². The van der Waals surface area contributed by atoms with Gasteiger partial charge in [0.05, 0.1) is 13.2 Å². The van der Waals surface area contributed by atoms with E-state index >= 15 is 0 Å². The normalized spacial score (nSPS) is 12.8. The Hall–Kier alpha value is -1.22. The summed E-state index contributed by atoms with van der Waals surface area (Å²) >= 11 is 0. The second kappa shape index (κ2) is 8.28. The van der Waals surface area contributed by atoms with Crippen molar-refractivity contribution in [1.29, 1.82) is 0 Å². The number of aliphatic hydroxyl groups excluding tert-OH is 1. The lowest BCUT2D eigenvalue weighted by molar-refractivity contribution is 0.194. The molecule has 120 valence electrons. The van der Waals surface area contributed by atoms with Gasteiger partial charge in [0.15, 0.2) is 0 Å². The molecule has 0 bridgehead atoms. The van der Waals surface area contributed by atoms with Gasteiger partial charge in [0.25, 0.3) is 0 Å². The monoisotopic (exact) mass is 293 g/mol. The number of anilines is 1. The van der Waals surface area contributed by atoms with Crippen LogP contribution >= 0.6 is 0 Å². The molecule has 0 radical (unpaired) electrons. The van der Waals surface area contributed by atoms with Gasteiger partial charge in [0.1, 0.15) is 5.75 Å². The Morgan fingerprint density at radius 3 is 2.19 bits per heavy atom. The van der Waals surface area contributed by atoms with Crippen LogP contribution in [-0.4, -0.2) is 24.8 Å². The van der Waals surface area contributed by atoms with E-state index < -0.39 is 6.10 Å². The van der Waals surface area contributed by atoms with Gasteiger partial charge in [-0.15, -0.1) is 0 Å². The molecule has 3 heteroatoms. The first-order chi connectivity index (χ1) is 9.96. The van der Waals surface area contributed by atoms with Crippen molar-refractivity contribution in [2.24, 2.45) is 5.92 Å². The van der Waals surface area contributed by atoms with E-state index in [1.54, 1.807) is 7.11 Å². The zero-order chi connectivity index (χ0) is 16.0. The SMILES string of the molecule is CCC(CC)N(CC(C)C)c1cccc(OC)c1C(C)O. The number of rotatable bonds is 8. The summed E-state index contributed by atoms with van der Waals surface area (Å²) in [5.41, 5.74) is 2.00. The molecule has 0 aliphatic heterocycles. The average Bonchev–Trinajstić information content (AvgIpc) is 2.46. The van der Waals surface area contributed by atoms with Crippen LogP contribution in [0.25, 0.3) is 0 Å². The molecular weight excluding hydrogens is 262 g/mol. The van der Waals surface area contributed by atoms with Crippen molar-refractivity contribution in [1.82, 2.24) is 0 Å². The minimum atomic E-state index is -0.542. The highest BCUT2D eigenvalue weighted by atomic mass is 16.5. The summed E-state index contributed by atoms with van der Waals surface area (Å²) in [4.78, 5) is 2.44. The van der Waals surface area contributed by atoms with Crippen molar-refractivity contribution in [3.8, 4) is 5.75 Å². The predicted octanol–water partition coefficient (Wildman–Crippen LogP) is 4.40. The lowest BCUT2D eigenvalue weighted by atomic mass is 10.0. The van der Waals surface area contributed by atoms with Crippen molar-refractivity contribution in [3.05, 3.63) is 23.8 Å². The summed E-state index contributed by atoms with van der Waals surface area (Å²) in [7, 11) is 1.66. The number of benzene rings is 1. The number of methoxy groups -OCH3 is 1. The molecule has 0 saturated heterocycles. The molecule has 1 rings (SSSR count). The molecule has 0 spiro atoms.